The van der Waals surface area contributed by atoms with E-state index in [1.807, 2.05) is 48.5 Å². The van der Waals surface area contributed by atoms with E-state index in [9.17, 15) is 4.79 Å². The first kappa shape index (κ1) is 15.1. The fourth-order valence-corrected chi connectivity index (χ4v) is 3.78. The number of benzene rings is 2. The Balaban J connectivity index is 1.64. The molecule has 2 aromatic carbocycles. The molecule has 0 radical (unpaired) electrons. The van der Waals surface area contributed by atoms with Crippen LogP contribution in [0.1, 0.15) is 24.7 Å². The molecule has 6 heteroatoms. The van der Waals surface area contributed by atoms with Crippen molar-refractivity contribution in [3.8, 4) is 0 Å². The number of para-hydroxylation sites is 3. The third-order valence-corrected chi connectivity index (χ3v) is 5.10. The van der Waals surface area contributed by atoms with Crippen LogP contribution in [0.2, 0.25) is 0 Å². The maximum atomic E-state index is 12.8. The molecule has 0 bridgehead atoms. The highest BCUT2D eigenvalue weighted by atomic mass is 16.4. The van der Waals surface area contributed by atoms with Gasteiger partial charge in [-0.15, -0.1) is 0 Å². The minimum absolute atomic E-state index is 0.0185. The summed E-state index contributed by atoms with van der Waals surface area (Å²) >= 11 is 0. The van der Waals surface area contributed by atoms with Crippen LogP contribution in [0.4, 0.5) is 6.01 Å². The molecule has 1 aliphatic heterocycles. The van der Waals surface area contributed by atoms with Crippen LogP contribution in [-0.4, -0.2) is 21.1 Å². The highest BCUT2D eigenvalue weighted by Gasteiger charge is 2.32. The minimum Gasteiger partial charge on any atom is -0.423 e. The van der Waals surface area contributed by atoms with Crippen molar-refractivity contribution in [3.63, 3.8) is 0 Å². The molecule has 4 aromatic rings. The molecule has 0 N–H and O–H groups in total. The van der Waals surface area contributed by atoms with Gasteiger partial charge in [0.05, 0.1) is 16.9 Å². The lowest BCUT2D eigenvalue weighted by molar-refractivity contribution is 0.534. The van der Waals surface area contributed by atoms with E-state index in [-0.39, 0.29) is 11.6 Å². The summed E-state index contributed by atoms with van der Waals surface area (Å²) in [6, 6.07) is 15.8. The normalized spacial score (nSPS) is 17.4. The largest absolute Gasteiger partial charge is 0.423 e. The monoisotopic (exact) mass is 346 g/mol. The average Bonchev–Trinajstić information content (AvgIpc) is 3.31. The number of hydrogen-bond donors (Lipinski definition) is 0. The maximum absolute atomic E-state index is 12.8. The lowest BCUT2D eigenvalue weighted by atomic mass is 10.1. The fraction of sp³-hybridized carbons (Fsp3) is 0.250. The van der Waals surface area contributed by atoms with Crippen molar-refractivity contribution in [2.45, 2.75) is 18.9 Å². The standard InChI is InChI=1S/C20H18N4O2/c1-23-18(21-14-8-3-2-7-13(14)19(23)25)16-10-6-12-24(16)20-22-15-9-4-5-11-17(15)26-20/h2-5,7-9,11,16H,6,10,12H2,1H3. The smallest absolute Gasteiger partial charge is 0.299 e. The van der Waals surface area contributed by atoms with E-state index in [2.05, 4.69) is 9.88 Å². The summed E-state index contributed by atoms with van der Waals surface area (Å²) in [5, 5.41) is 0.644. The quantitative estimate of drug-likeness (QED) is 0.556. The number of fused-ring (bicyclic) bond motifs is 2. The molecule has 0 spiro atoms. The Bertz CT molecular complexity index is 1140. The van der Waals surface area contributed by atoms with Crippen molar-refractivity contribution in [1.82, 2.24) is 14.5 Å². The third-order valence-electron chi connectivity index (χ3n) is 5.10. The first-order valence-electron chi connectivity index (χ1n) is 8.80. The first-order chi connectivity index (χ1) is 12.7. The average molecular weight is 346 g/mol. The first-order valence-corrected chi connectivity index (χ1v) is 8.80. The van der Waals surface area contributed by atoms with Crippen molar-refractivity contribution in [3.05, 3.63) is 64.7 Å². The van der Waals surface area contributed by atoms with Gasteiger partial charge in [-0.1, -0.05) is 24.3 Å². The highest BCUT2D eigenvalue weighted by molar-refractivity contribution is 5.77. The van der Waals surface area contributed by atoms with Crippen LogP contribution in [-0.2, 0) is 7.05 Å². The van der Waals surface area contributed by atoms with Gasteiger partial charge in [-0.2, -0.15) is 4.98 Å². The summed E-state index contributed by atoms with van der Waals surface area (Å²) in [6.45, 7) is 0.834. The highest BCUT2D eigenvalue weighted by Crippen LogP contribution is 2.36. The molecule has 1 fully saturated rings. The number of nitrogens with zero attached hydrogens (tertiary/aromatic N) is 4. The van der Waals surface area contributed by atoms with Crippen LogP contribution in [0.3, 0.4) is 0 Å². The zero-order chi connectivity index (χ0) is 17.7. The van der Waals surface area contributed by atoms with Crippen molar-refractivity contribution in [1.29, 1.82) is 0 Å². The Morgan fingerprint density at radius 3 is 2.65 bits per heavy atom. The van der Waals surface area contributed by atoms with Crippen LogP contribution in [0.25, 0.3) is 22.0 Å². The number of aromatic nitrogens is 3. The van der Waals surface area contributed by atoms with Crippen molar-refractivity contribution in [2.75, 3.05) is 11.4 Å². The van der Waals surface area contributed by atoms with Gasteiger partial charge in [-0.05, 0) is 37.1 Å². The second-order valence-corrected chi connectivity index (χ2v) is 6.67. The van der Waals surface area contributed by atoms with Crippen LogP contribution < -0.4 is 10.5 Å². The summed E-state index contributed by atoms with van der Waals surface area (Å²) in [5.41, 5.74) is 2.33. The maximum Gasteiger partial charge on any atom is 0.299 e. The Labute approximate surface area is 149 Å². The van der Waals surface area contributed by atoms with Gasteiger partial charge in [-0.25, -0.2) is 4.98 Å². The van der Waals surface area contributed by atoms with Gasteiger partial charge >= 0.3 is 0 Å². The third kappa shape index (κ3) is 2.22. The van der Waals surface area contributed by atoms with Gasteiger partial charge in [0.15, 0.2) is 5.58 Å². The van der Waals surface area contributed by atoms with Crippen LogP contribution in [0.15, 0.2) is 57.7 Å². The Morgan fingerprint density at radius 1 is 1.04 bits per heavy atom. The Hall–Kier alpha value is -3.15. The number of rotatable bonds is 2. The SMILES string of the molecule is Cn1c(C2CCCN2c2nc3ccccc3o2)nc2ccccc2c1=O. The van der Waals surface area contributed by atoms with Crippen LogP contribution in [0, 0.1) is 0 Å². The summed E-state index contributed by atoms with van der Waals surface area (Å²) in [5.74, 6) is 0.758. The molecule has 1 atom stereocenters. The zero-order valence-corrected chi connectivity index (χ0v) is 14.4. The Kier molecular flexibility index (Phi) is 3.31. The van der Waals surface area contributed by atoms with Crippen molar-refractivity contribution in [2.24, 2.45) is 7.05 Å². The van der Waals surface area contributed by atoms with Crippen LogP contribution in [0.5, 0.6) is 0 Å². The molecule has 1 saturated heterocycles. The van der Waals surface area contributed by atoms with E-state index in [1.54, 1.807) is 11.6 Å². The van der Waals surface area contributed by atoms with E-state index in [4.69, 9.17) is 9.40 Å². The van der Waals surface area contributed by atoms with E-state index in [1.165, 1.54) is 0 Å². The van der Waals surface area contributed by atoms with Gasteiger partial charge in [-0.3, -0.25) is 9.36 Å². The number of oxazole rings is 1. The molecule has 1 unspecified atom stereocenters. The topological polar surface area (TPSA) is 64.2 Å². The molecule has 0 aliphatic carbocycles. The predicted molar refractivity (Wildman–Crippen MR) is 100 cm³/mol. The zero-order valence-electron chi connectivity index (χ0n) is 14.4. The number of hydrogen-bond acceptors (Lipinski definition) is 5. The lowest BCUT2D eigenvalue weighted by Crippen LogP contribution is -2.30. The van der Waals surface area contributed by atoms with E-state index in [0.29, 0.717) is 11.4 Å². The molecule has 26 heavy (non-hydrogen) atoms. The molecule has 2 aromatic heterocycles. The molecule has 130 valence electrons. The van der Waals surface area contributed by atoms with Gasteiger partial charge < -0.3 is 9.32 Å². The van der Waals surface area contributed by atoms with Gasteiger partial charge in [0.2, 0.25) is 0 Å². The Morgan fingerprint density at radius 2 is 1.81 bits per heavy atom. The molecular weight excluding hydrogens is 328 g/mol. The van der Waals surface area contributed by atoms with Crippen LogP contribution >= 0.6 is 0 Å². The van der Waals surface area contributed by atoms with E-state index >= 15 is 0 Å². The summed E-state index contributed by atoms with van der Waals surface area (Å²) in [7, 11) is 1.79. The molecule has 0 saturated carbocycles. The molecule has 1 aliphatic rings. The van der Waals surface area contributed by atoms with Crippen molar-refractivity contribution >= 4 is 28.0 Å². The van der Waals surface area contributed by atoms with Gasteiger partial charge in [0, 0.05) is 13.6 Å². The van der Waals surface area contributed by atoms with Gasteiger partial charge in [0.1, 0.15) is 11.3 Å². The summed E-state index contributed by atoms with van der Waals surface area (Å²) < 4.78 is 7.62. The molecule has 0 amide bonds. The molecule has 6 nitrogen and oxygen atoms in total. The van der Waals surface area contributed by atoms with Gasteiger partial charge in [0.25, 0.3) is 11.6 Å². The lowest BCUT2D eigenvalue weighted by Gasteiger charge is -2.24. The molecule has 3 heterocycles. The summed E-state index contributed by atoms with van der Waals surface area (Å²) in [6.07, 6.45) is 1.92. The number of anilines is 1. The molecule has 5 rings (SSSR count). The second-order valence-electron chi connectivity index (χ2n) is 6.67. The minimum atomic E-state index is -0.0228. The van der Waals surface area contributed by atoms with Crippen molar-refractivity contribution < 1.29 is 4.42 Å². The molecular formula is C20H18N4O2. The summed E-state index contributed by atoms with van der Waals surface area (Å²) in [4.78, 5) is 24.3. The predicted octanol–water partition coefficient (Wildman–Crippen LogP) is 3.42. The van der Waals surface area contributed by atoms with E-state index in [0.717, 1.165) is 41.8 Å². The fourth-order valence-electron chi connectivity index (χ4n) is 3.78. The second kappa shape index (κ2) is 5.69. The van der Waals surface area contributed by atoms with E-state index < -0.39 is 0 Å².